The van der Waals surface area contributed by atoms with Gasteiger partial charge < -0.3 is 5.32 Å². The van der Waals surface area contributed by atoms with E-state index in [2.05, 4.69) is 37.7 Å². The van der Waals surface area contributed by atoms with Crippen LogP contribution in [0.25, 0.3) is 0 Å². The molecule has 0 aromatic carbocycles. The molecule has 2 bridgehead atoms. The standard InChI is InChI=1S/C15H30N2O2S/c1-5-8-16-9-10-20(18,19)17-13-14(2,3)12-6-7-15(13,4)11-12/h12-13,16-17H,5-11H2,1-4H3. The number of fused-ring (bicyclic) bond motifs is 2. The largest absolute Gasteiger partial charge is 0.316 e. The Kier molecular flexibility index (Phi) is 4.53. The van der Waals surface area contributed by atoms with Gasteiger partial charge in [0.2, 0.25) is 10.0 Å². The Morgan fingerprint density at radius 2 is 1.90 bits per heavy atom. The van der Waals surface area contributed by atoms with E-state index >= 15 is 0 Å². The highest BCUT2D eigenvalue weighted by Crippen LogP contribution is 2.62. The van der Waals surface area contributed by atoms with Crippen LogP contribution in [0, 0.1) is 16.7 Å². The average Bonchev–Trinajstić information content (AvgIpc) is 2.82. The van der Waals surface area contributed by atoms with Crippen LogP contribution in [-0.4, -0.2) is 33.3 Å². The number of nitrogens with one attached hydrogen (secondary N) is 2. The van der Waals surface area contributed by atoms with Crippen molar-refractivity contribution in [2.75, 3.05) is 18.8 Å². The third-order valence-corrected chi connectivity index (χ3v) is 6.88. The zero-order chi connectivity index (χ0) is 15.0. The van der Waals surface area contributed by atoms with Crippen molar-refractivity contribution in [2.24, 2.45) is 16.7 Å². The van der Waals surface area contributed by atoms with E-state index in [1.165, 1.54) is 12.8 Å². The second-order valence-corrected chi connectivity index (χ2v) is 9.41. The molecule has 0 aromatic rings. The van der Waals surface area contributed by atoms with Gasteiger partial charge in [-0.2, -0.15) is 0 Å². The molecule has 3 atom stereocenters. The Morgan fingerprint density at radius 3 is 2.45 bits per heavy atom. The molecular weight excluding hydrogens is 272 g/mol. The monoisotopic (exact) mass is 302 g/mol. The lowest BCUT2D eigenvalue weighted by Crippen LogP contribution is -2.53. The summed E-state index contributed by atoms with van der Waals surface area (Å²) >= 11 is 0. The Bertz CT molecular complexity index is 442. The van der Waals surface area contributed by atoms with Gasteiger partial charge in [0.15, 0.2) is 0 Å². The SMILES string of the molecule is CCCNCCS(=O)(=O)NC1C2(C)CCC(C2)C1(C)C. The number of hydrogen-bond acceptors (Lipinski definition) is 3. The molecule has 0 radical (unpaired) electrons. The first-order valence-corrected chi connectivity index (χ1v) is 9.57. The van der Waals surface area contributed by atoms with Gasteiger partial charge in [-0.3, -0.25) is 0 Å². The average molecular weight is 302 g/mol. The van der Waals surface area contributed by atoms with Crippen LogP contribution in [0.1, 0.15) is 53.4 Å². The van der Waals surface area contributed by atoms with Crippen LogP contribution >= 0.6 is 0 Å². The zero-order valence-electron chi connectivity index (χ0n) is 13.3. The normalized spacial score (nSPS) is 35.6. The van der Waals surface area contributed by atoms with E-state index in [9.17, 15) is 8.42 Å². The van der Waals surface area contributed by atoms with Crippen LogP contribution in [0.15, 0.2) is 0 Å². The fourth-order valence-electron chi connectivity index (χ4n) is 4.34. The maximum absolute atomic E-state index is 12.3. The lowest BCUT2D eigenvalue weighted by molar-refractivity contribution is 0.127. The third-order valence-electron chi connectivity index (χ3n) is 5.54. The van der Waals surface area contributed by atoms with Gasteiger partial charge in [-0.25, -0.2) is 13.1 Å². The molecule has 20 heavy (non-hydrogen) atoms. The highest BCUT2D eigenvalue weighted by molar-refractivity contribution is 7.89. The van der Waals surface area contributed by atoms with Crippen LogP contribution in [0.4, 0.5) is 0 Å². The second kappa shape index (κ2) is 5.58. The van der Waals surface area contributed by atoms with Gasteiger partial charge in [0.25, 0.3) is 0 Å². The summed E-state index contributed by atoms with van der Waals surface area (Å²) in [6.45, 7) is 10.2. The molecule has 0 saturated heterocycles. The topological polar surface area (TPSA) is 58.2 Å². The van der Waals surface area contributed by atoms with E-state index in [0.29, 0.717) is 12.5 Å². The summed E-state index contributed by atoms with van der Waals surface area (Å²) in [5, 5.41) is 3.16. The van der Waals surface area contributed by atoms with E-state index in [4.69, 9.17) is 0 Å². The molecule has 2 saturated carbocycles. The predicted octanol–water partition coefficient (Wildman–Crippen LogP) is 2.12. The molecule has 2 aliphatic rings. The molecule has 5 heteroatoms. The summed E-state index contributed by atoms with van der Waals surface area (Å²) in [6, 6.07) is 0.0879. The predicted molar refractivity (Wildman–Crippen MR) is 83.1 cm³/mol. The first-order valence-electron chi connectivity index (χ1n) is 7.92. The van der Waals surface area contributed by atoms with Gasteiger partial charge in [0.05, 0.1) is 5.75 Å². The minimum atomic E-state index is -3.19. The Labute approximate surface area is 124 Å². The molecule has 0 amide bonds. The second-order valence-electron chi connectivity index (χ2n) is 7.53. The van der Waals surface area contributed by atoms with Crippen molar-refractivity contribution >= 4 is 10.0 Å². The number of hydrogen-bond donors (Lipinski definition) is 2. The molecular formula is C15H30N2O2S. The molecule has 2 fully saturated rings. The summed E-state index contributed by atoms with van der Waals surface area (Å²) in [5.41, 5.74) is 0.231. The quantitative estimate of drug-likeness (QED) is 0.708. The minimum Gasteiger partial charge on any atom is -0.316 e. The molecule has 2 N–H and O–H groups in total. The Balaban J connectivity index is 1.98. The van der Waals surface area contributed by atoms with E-state index in [-0.39, 0.29) is 22.6 Å². The first kappa shape index (κ1) is 16.2. The van der Waals surface area contributed by atoms with E-state index in [1.807, 2.05) is 0 Å². The Hall–Kier alpha value is -0.130. The van der Waals surface area contributed by atoms with Gasteiger partial charge in [0, 0.05) is 12.6 Å². The highest BCUT2D eigenvalue weighted by atomic mass is 32.2. The summed E-state index contributed by atoms with van der Waals surface area (Å²) < 4.78 is 27.6. The van der Waals surface area contributed by atoms with Crippen LogP contribution in [-0.2, 0) is 10.0 Å². The lowest BCUT2D eigenvalue weighted by Gasteiger charge is -2.42. The van der Waals surface area contributed by atoms with E-state index in [0.717, 1.165) is 19.4 Å². The van der Waals surface area contributed by atoms with Crippen LogP contribution in [0.5, 0.6) is 0 Å². The van der Waals surface area contributed by atoms with Crippen LogP contribution in [0.2, 0.25) is 0 Å². The summed E-state index contributed by atoms with van der Waals surface area (Å²) in [7, 11) is -3.19. The highest BCUT2D eigenvalue weighted by Gasteiger charge is 2.60. The molecule has 0 heterocycles. The third kappa shape index (κ3) is 3.04. The molecule has 2 rings (SSSR count). The molecule has 118 valence electrons. The maximum Gasteiger partial charge on any atom is 0.213 e. The van der Waals surface area contributed by atoms with Gasteiger partial charge in [0.1, 0.15) is 0 Å². The lowest BCUT2D eigenvalue weighted by atomic mass is 9.69. The summed E-state index contributed by atoms with van der Waals surface area (Å²) in [6.07, 6.45) is 4.60. The summed E-state index contributed by atoms with van der Waals surface area (Å²) in [4.78, 5) is 0. The van der Waals surface area contributed by atoms with Crippen LogP contribution < -0.4 is 10.0 Å². The van der Waals surface area contributed by atoms with Gasteiger partial charge >= 0.3 is 0 Å². The molecule has 0 spiro atoms. The fourth-order valence-corrected chi connectivity index (χ4v) is 5.82. The number of rotatable bonds is 7. The van der Waals surface area contributed by atoms with Crippen LogP contribution in [0.3, 0.4) is 0 Å². The van der Waals surface area contributed by atoms with Crippen molar-refractivity contribution < 1.29 is 8.42 Å². The number of sulfonamides is 1. The maximum atomic E-state index is 12.3. The first-order chi connectivity index (χ1) is 9.21. The van der Waals surface area contributed by atoms with E-state index < -0.39 is 10.0 Å². The van der Waals surface area contributed by atoms with Crippen molar-refractivity contribution in [1.29, 1.82) is 0 Å². The molecule has 4 nitrogen and oxygen atoms in total. The Morgan fingerprint density at radius 1 is 1.20 bits per heavy atom. The zero-order valence-corrected chi connectivity index (χ0v) is 14.1. The van der Waals surface area contributed by atoms with Crippen molar-refractivity contribution in [1.82, 2.24) is 10.0 Å². The van der Waals surface area contributed by atoms with Gasteiger partial charge in [-0.15, -0.1) is 0 Å². The van der Waals surface area contributed by atoms with Gasteiger partial charge in [-0.05, 0) is 49.0 Å². The molecule has 0 aliphatic heterocycles. The summed E-state index contributed by atoms with van der Waals surface area (Å²) in [5.74, 6) is 0.846. The van der Waals surface area contributed by atoms with Crippen molar-refractivity contribution in [3.05, 3.63) is 0 Å². The molecule has 2 aliphatic carbocycles. The molecule has 3 unspecified atom stereocenters. The van der Waals surface area contributed by atoms with Crippen molar-refractivity contribution in [2.45, 2.75) is 59.4 Å². The minimum absolute atomic E-state index is 0.0803. The smallest absolute Gasteiger partial charge is 0.213 e. The van der Waals surface area contributed by atoms with E-state index in [1.54, 1.807) is 0 Å². The fraction of sp³-hybridized carbons (Fsp3) is 1.00. The van der Waals surface area contributed by atoms with Crippen molar-refractivity contribution in [3.8, 4) is 0 Å². The molecule has 0 aromatic heterocycles. The van der Waals surface area contributed by atoms with Crippen molar-refractivity contribution in [3.63, 3.8) is 0 Å². The van der Waals surface area contributed by atoms with Gasteiger partial charge in [-0.1, -0.05) is 27.7 Å².